The number of carbonyl (C=O) groups is 2. The van der Waals surface area contributed by atoms with Crippen LogP contribution in [0.3, 0.4) is 0 Å². The molecule has 0 unspecified atom stereocenters. The van der Waals surface area contributed by atoms with E-state index in [1.165, 1.54) is 6.92 Å². The fourth-order valence-electron chi connectivity index (χ4n) is 1.02. The second-order valence-corrected chi connectivity index (χ2v) is 4.31. The largest absolute Gasteiger partial charge is 0.319 e. The lowest BCUT2D eigenvalue weighted by molar-refractivity contribution is -0.133. The molecule has 0 aliphatic heterocycles. The average Bonchev–Trinajstić information content (AvgIpc) is 2.21. The van der Waals surface area contributed by atoms with Crippen molar-refractivity contribution in [1.82, 2.24) is 0 Å². The Kier molecular flexibility index (Phi) is 4.37. The average molecular weight is 223 g/mol. The molecular weight excluding hydrogens is 210 g/mol. The third-order valence-electron chi connectivity index (χ3n) is 1.74. The number of nitrogens with one attached hydrogen (secondary N) is 1. The minimum atomic E-state index is -0.578. The summed E-state index contributed by atoms with van der Waals surface area (Å²) in [6.07, 6.45) is 0. The molecule has 1 amide bonds. The van der Waals surface area contributed by atoms with E-state index < -0.39 is 11.7 Å². The van der Waals surface area contributed by atoms with Gasteiger partial charge in [0.2, 0.25) is 5.78 Å². The molecule has 1 rings (SSSR count). The maximum Gasteiger partial charge on any atom is 0.291 e. The zero-order valence-electron chi connectivity index (χ0n) is 8.74. The van der Waals surface area contributed by atoms with Crippen LogP contribution in [0.5, 0.6) is 0 Å². The van der Waals surface area contributed by atoms with Crippen LogP contribution < -0.4 is 5.32 Å². The molecule has 80 valence electrons. The van der Waals surface area contributed by atoms with Crippen molar-refractivity contribution < 1.29 is 9.59 Å². The highest BCUT2D eigenvalue weighted by molar-refractivity contribution is 7.99. The van der Waals surface area contributed by atoms with Crippen molar-refractivity contribution in [2.75, 3.05) is 11.1 Å². The molecule has 0 aromatic heterocycles. The van der Waals surface area contributed by atoms with Crippen molar-refractivity contribution in [3.63, 3.8) is 0 Å². The Labute approximate surface area is 93.3 Å². The maximum absolute atomic E-state index is 11.1. The summed E-state index contributed by atoms with van der Waals surface area (Å²) in [6, 6.07) is 7.42. The van der Waals surface area contributed by atoms with Gasteiger partial charge in [0.05, 0.1) is 0 Å². The molecule has 0 fully saturated rings. The van der Waals surface area contributed by atoms with Gasteiger partial charge in [0.1, 0.15) is 0 Å². The zero-order valence-corrected chi connectivity index (χ0v) is 9.56. The van der Waals surface area contributed by atoms with Gasteiger partial charge in [-0.15, -0.1) is 11.8 Å². The Morgan fingerprint density at radius 2 is 1.87 bits per heavy atom. The number of ketones is 1. The molecule has 1 N–H and O–H groups in total. The van der Waals surface area contributed by atoms with Gasteiger partial charge in [0.15, 0.2) is 0 Å². The zero-order chi connectivity index (χ0) is 11.3. The summed E-state index contributed by atoms with van der Waals surface area (Å²) in [5.74, 6) is -0.0491. The number of hydrogen-bond acceptors (Lipinski definition) is 3. The van der Waals surface area contributed by atoms with Gasteiger partial charge >= 0.3 is 0 Å². The molecular formula is C11H13NO2S. The van der Waals surface area contributed by atoms with Crippen LogP contribution >= 0.6 is 11.8 Å². The van der Waals surface area contributed by atoms with Gasteiger partial charge in [-0.05, 0) is 30.0 Å². The van der Waals surface area contributed by atoms with Crippen LogP contribution in [0, 0.1) is 0 Å². The summed E-state index contributed by atoms with van der Waals surface area (Å²) in [7, 11) is 0. The van der Waals surface area contributed by atoms with Crippen LogP contribution in [0.15, 0.2) is 29.2 Å². The Morgan fingerprint density at radius 3 is 2.33 bits per heavy atom. The van der Waals surface area contributed by atoms with Crippen molar-refractivity contribution in [3.8, 4) is 0 Å². The van der Waals surface area contributed by atoms with Gasteiger partial charge in [-0.1, -0.05) is 6.92 Å². The van der Waals surface area contributed by atoms with E-state index in [-0.39, 0.29) is 0 Å². The molecule has 0 saturated heterocycles. The van der Waals surface area contributed by atoms with E-state index in [1.54, 1.807) is 23.9 Å². The lowest BCUT2D eigenvalue weighted by Crippen LogP contribution is -2.19. The first-order valence-corrected chi connectivity index (χ1v) is 5.67. The normalized spacial score (nSPS) is 9.73. The third kappa shape index (κ3) is 3.75. The molecule has 15 heavy (non-hydrogen) atoms. The Balaban J connectivity index is 2.64. The molecule has 0 atom stereocenters. The predicted molar refractivity (Wildman–Crippen MR) is 62.2 cm³/mol. The molecule has 0 aliphatic rings. The molecule has 0 bridgehead atoms. The second kappa shape index (κ2) is 5.56. The first-order chi connectivity index (χ1) is 7.13. The molecule has 0 spiro atoms. The summed E-state index contributed by atoms with van der Waals surface area (Å²) in [6.45, 7) is 3.33. The smallest absolute Gasteiger partial charge is 0.291 e. The number of anilines is 1. The lowest BCUT2D eigenvalue weighted by Gasteiger charge is -2.03. The number of amides is 1. The van der Waals surface area contributed by atoms with Gasteiger partial charge in [-0.25, -0.2) is 0 Å². The molecule has 1 aromatic carbocycles. The highest BCUT2D eigenvalue weighted by Crippen LogP contribution is 2.19. The number of rotatable bonds is 4. The predicted octanol–water partition coefficient (Wildman–Crippen LogP) is 2.33. The molecule has 3 nitrogen and oxygen atoms in total. The molecule has 4 heteroatoms. The summed E-state index contributed by atoms with van der Waals surface area (Å²) in [4.78, 5) is 22.9. The van der Waals surface area contributed by atoms with Gasteiger partial charge in [-0.3, -0.25) is 9.59 Å². The molecule has 0 radical (unpaired) electrons. The quantitative estimate of drug-likeness (QED) is 0.629. The number of Topliss-reactive ketones (excluding diaryl/α,β-unsaturated/α-hetero) is 1. The van der Waals surface area contributed by atoms with E-state index in [0.29, 0.717) is 5.69 Å². The van der Waals surface area contributed by atoms with Gasteiger partial charge in [0, 0.05) is 17.5 Å². The summed E-state index contributed by atoms with van der Waals surface area (Å²) in [5, 5.41) is 2.51. The van der Waals surface area contributed by atoms with Crippen LogP contribution in [0.4, 0.5) is 5.69 Å². The van der Waals surface area contributed by atoms with Gasteiger partial charge in [0.25, 0.3) is 5.91 Å². The molecule has 0 aliphatic carbocycles. The minimum absolute atomic E-state index is 0.484. The van der Waals surface area contributed by atoms with Gasteiger partial charge < -0.3 is 5.32 Å². The monoisotopic (exact) mass is 223 g/mol. The minimum Gasteiger partial charge on any atom is -0.319 e. The van der Waals surface area contributed by atoms with Crippen LogP contribution in [-0.4, -0.2) is 17.4 Å². The van der Waals surface area contributed by atoms with Crippen LogP contribution in [-0.2, 0) is 9.59 Å². The van der Waals surface area contributed by atoms with Crippen LogP contribution in [0.25, 0.3) is 0 Å². The Morgan fingerprint density at radius 1 is 1.27 bits per heavy atom. The highest BCUT2D eigenvalue weighted by Gasteiger charge is 2.06. The molecule has 0 saturated carbocycles. The standard InChI is InChI=1S/C11H13NO2S/c1-3-15-10-6-4-9(5-7-10)12-11(14)8(2)13/h4-7H,3H2,1-2H3,(H,12,14). The number of carbonyl (C=O) groups excluding carboxylic acids is 2. The highest BCUT2D eigenvalue weighted by atomic mass is 32.2. The Hall–Kier alpha value is -1.29. The summed E-state index contributed by atoms with van der Waals surface area (Å²) >= 11 is 1.73. The SMILES string of the molecule is CCSc1ccc(NC(=O)C(C)=O)cc1. The van der Waals surface area contributed by atoms with Crippen molar-refractivity contribution in [2.45, 2.75) is 18.7 Å². The van der Waals surface area contributed by atoms with Crippen molar-refractivity contribution in [2.24, 2.45) is 0 Å². The van der Waals surface area contributed by atoms with Crippen molar-refractivity contribution >= 4 is 29.1 Å². The topological polar surface area (TPSA) is 46.2 Å². The van der Waals surface area contributed by atoms with E-state index in [0.717, 1.165) is 10.6 Å². The molecule has 0 heterocycles. The fraction of sp³-hybridized carbons (Fsp3) is 0.273. The van der Waals surface area contributed by atoms with E-state index in [4.69, 9.17) is 0 Å². The van der Waals surface area contributed by atoms with Crippen molar-refractivity contribution in [3.05, 3.63) is 24.3 Å². The van der Waals surface area contributed by atoms with E-state index >= 15 is 0 Å². The maximum atomic E-state index is 11.1. The first kappa shape index (κ1) is 11.8. The fourth-order valence-corrected chi connectivity index (χ4v) is 1.68. The number of benzene rings is 1. The Bertz CT molecular complexity index is 359. The second-order valence-electron chi connectivity index (χ2n) is 2.97. The summed E-state index contributed by atoms with van der Waals surface area (Å²) < 4.78 is 0. The van der Waals surface area contributed by atoms with E-state index in [2.05, 4.69) is 12.2 Å². The van der Waals surface area contributed by atoms with E-state index in [1.807, 2.05) is 12.1 Å². The summed E-state index contributed by atoms with van der Waals surface area (Å²) in [5.41, 5.74) is 0.649. The van der Waals surface area contributed by atoms with Crippen LogP contribution in [0.1, 0.15) is 13.8 Å². The van der Waals surface area contributed by atoms with E-state index in [9.17, 15) is 9.59 Å². The first-order valence-electron chi connectivity index (χ1n) is 4.68. The molecule has 1 aromatic rings. The number of hydrogen-bond donors (Lipinski definition) is 1. The lowest BCUT2D eigenvalue weighted by atomic mass is 10.3. The number of thioether (sulfide) groups is 1. The van der Waals surface area contributed by atoms with Crippen molar-refractivity contribution in [1.29, 1.82) is 0 Å². The van der Waals surface area contributed by atoms with Crippen LogP contribution in [0.2, 0.25) is 0 Å². The van der Waals surface area contributed by atoms with Gasteiger partial charge in [-0.2, -0.15) is 0 Å². The third-order valence-corrected chi connectivity index (χ3v) is 2.64.